The highest BCUT2D eigenvalue weighted by Gasteiger charge is 2.30. The first kappa shape index (κ1) is 21.5. The predicted molar refractivity (Wildman–Crippen MR) is 106 cm³/mol. The van der Waals surface area contributed by atoms with E-state index in [9.17, 15) is 17.6 Å². The van der Waals surface area contributed by atoms with E-state index in [-0.39, 0.29) is 21.5 Å². The molecular weight excluding hydrogens is 414 g/mol. The maximum atomic E-state index is 13.0. The minimum absolute atomic E-state index is 0.187. The number of amides is 1. The van der Waals surface area contributed by atoms with Gasteiger partial charge in [-0.3, -0.25) is 9.10 Å². The number of halogens is 3. The van der Waals surface area contributed by atoms with Crippen LogP contribution in [0.25, 0.3) is 0 Å². The molecule has 0 saturated carbocycles. The molecule has 0 aliphatic carbocycles. The number of rotatable bonds is 6. The molecule has 2 rings (SSSR count). The number of nitrogens with one attached hydrogen (secondary N) is 1. The zero-order chi connectivity index (χ0) is 20.4. The van der Waals surface area contributed by atoms with Crippen molar-refractivity contribution in [1.29, 1.82) is 0 Å². The van der Waals surface area contributed by atoms with Gasteiger partial charge in [0.1, 0.15) is 11.9 Å². The third kappa shape index (κ3) is 5.57. The van der Waals surface area contributed by atoms with E-state index in [0.717, 1.165) is 10.6 Å². The van der Waals surface area contributed by atoms with Crippen LogP contribution >= 0.6 is 23.2 Å². The van der Waals surface area contributed by atoms with Crippen molar-refractivity contribution >= 4 is 44.8 Å². The Labute approximate surface area is 168 Å². The lowest BCUT2D eigenvalue weighted by molar-refractivity contribution is -0.122. The lowest BCUT2D eigenvalue weighted by Gasteiger charge is -2.29. The van der Waals surface area contributed by atoms with Gasteiger partial charge in [-0.15, -0.1) is 0 Å². The fourth-order valence-corrected chi connectivity index (χ4v) is 4.32. The van der Waals surface area contributed by atoms with Crippen molar-refractivity contribution < 1.29 is 17.6 Å². The first-order chi connectivity index (χ1) is 12.5. The summed E-state index contributed by atoms with van der Waals surface area (Å²) >= 11 is 11.9. The Morgan fingerprint density at radius 2 is 1.59 bits per heavy atom. The highest BCUT2D eigenvalue weighted by Crippen LogP contribution is 2.28. The third-order valence-electron chi connectivity index (χ3n) is 3.92. The summed E-state index contributed by atoms with van der Waals surface area (Å²) < 4.78 is 38.6. The zero-order valence-electron chi connectivity index (χ0n) is 14.9. The van der Waals surface area contributed by atoms with Gasteiger partial charge >= 0.3 is 0 Å². The standard InChI is InChI=1S/C18H19Cl2FN2O3S/c1-11(13-4-6-16(21)7-5-13)22-18(24)12(2)23(27(3,25)26)17-9-14(19)8-15(20)10-17/h4-12H,1-3H3,(H,22,24). The average molecular weight is 433 g/mol. The van der Waals surface area contributed by atoms with Crippen molar-refractivity contribution in [2.24, 2.45) is 0 Å². The molecule has 146 valence electrons. The Kier molecular flexibility index (Phi) is 6.72. The lowest BCUT2D eigenvalue weighted by Crippen LogP contribution is -2.48. The summed E-state index contributed by atoms with van der Waals surface area (Å²) in [6.07, 6.45) is 0.995. The molecule has 0 fully saturated rings. The van der Waals surface area contributed by atoms with Crippen LogP contribution in [0.5, 0.6) is 0 Å². The van der Waals surface area contributed by atoms with Crippen LogP contribution in [0.2, 0.25) is 10.0 Å². The van der Waals surface area contributed by atoms with Gasteiger partial charge in [0.2, 0.25) is 15.9 Å². The van der Waals surface area contributed by atoms with Gasteiger partial charge in [0.05, 0.1) is 18.0 Å². The van der Waals surface area contributed by atoms with Gasteiger partial charge in [0, 0.05) is 10.0 Å². The van der Waals surface area contributed by atoms with E-state index in [1.165, 1.54) is 37.3 Å². The maximum Gasteiger partial charge on any atom is 0.244 e. The summed E-state index contributed by atoms with van der Waals surface area (Å²) in [5.74, 6) is -0.903. The second-order valence-electron chi connectivity index (χ2n) is 6.14. The number of hydrogen-bond acceptors (Lipinski definition) is 3. The summed E-state index contributed by atoms with van der Waals surface area (Å²) in [7, 11) is -3.80. The SMILES string of the molecule is CC(NC(=O)C(C)N(c1cc(Cl)cc(Cl)c1)S(C)(=O)=O)c1ccc(F)cc1. The molecule has 2 unspecified atom stereocenters. The van der Waals surface area contributed by atoms with Gasteiger partial charge in [0.25, 0.3) is 0 Å². The van der Waals surface area contributed by atoms with Crippen LogP contribution in [-0.2, 0) is 14.8 Å². The van der Waals surface area contributed by atoms with E-state index in [4.69, 9.17) is 23.2 Å². The van der Waals surface area contributed by atoms with Crippen LogP contribution in [0, 0.1) is 5.82 Å². The number of nitrogens with zero attached hydrogens (tertiary/aromatic N) is 1. The van der Waals surface area contributed by atoms with Crippen LogP contribution in [0.3, 0.4) is 0 Å². The number of sulfonamides is 1. The van der Waals surface area contributed by atoms with Crippen molar-refractivity contribution in [2.45, 2.75) is 25.9 Å². The molecule has 0 heterocycles. The van der Waals surface area contributed by atoms with Crippen molar-refractivity contribution in [2.75, 3.05) is 10.6 Å². The van der Waals surface area contributed by atoms with Gasteiger partial charge in [0.15, 0.2) is 0 Å². The molecule has 2 aromatic rings. The van der Waals surface area contributed by atoms with E-state index in [0.29, 0.717) is 5.56 Å². The topological polar surface area (TPSA) is 66.5 Å². The number of carbonyl (C=O) groups excluding carboxylic acids is 1. The zero-order valence-corrected chi connectivity index (χ0v) is 17.2. The molecule has 0 bridgehead atoms. The molecule has 0 aliphatic heterocycles. The van der Waals surface area contributed by atoms with Gasteiger partial charge in [-0.1, -0.05) is 35.3 Å². The predicted octanol–water partition coefficient (Wildman–Crippen LogP) is 4.16. The number of hydrogen-bond donors (Lipinski definition) is 1. The molecule has 0 saturated heterocycles. The van der Waals surface area contributed by atoms with Crippen LogP contribution in [-0.4, -0.2) is 26.6 Å². The van der Waals surface area contributed by atoms with E-state index in [1.54, 1.807) is 19.1 Å². The summed E-state index contributed by atoms with van der Waals surface area (Å²) in [6, 6.07) is 8.49. The van der Waals surface area contributed by atoms with Crippen LogP contribution in [0.4, 0.5) is 10.1 Å². The first-order valence-electron chi connectivity index (χ1n) is 8.00. The summed E-state index contributed by atoms with van der Waals surface area (Å²) in [6.45, 7) is 3.18. The second-order valence-corrected chi connectivity index (χ2v) is 8.88. The van der Waals surface area contributed by atoms with Gasteiger partial charge in [-0.05, 0) is 49.7 Å². The molecule has 0 aliphatic rings. The Morgan fingerprint density at radius 1 is 1.07 bits per heavy atom. The van der Waals surface area contributed by atoms with Crippen molar-refractivity contribution in [3.05, 3.63) is 63.9 Å². The van der Waals surface area contributed by atoms with E-state index in [2.05, 4.69) is 5.32 Å². The Morgan fingerprint density at radius 3 is 2.07 bits per heavy atom. The molecular formula is C18H19Cl2FN2O3S. The van der Waals surface area contributed by atoms with Crippen molar-refractivity contribution in [3.63, 3.8) is 0 Å². The fourth-order valence-electron chi connectivity index (χ4n) is 2.64. The number of carbonyl (C=O) groups is 1. The molecule has 0 spiro atoms. The van der Waals surface area contributed by atoms with Crippen LogP contribution < -0.4 is 9.62 Å². The van der Waals surface area contributed by atoms with Crippen LogP contribution in [0.1, 0.15) is 25.5 Å². The minimum atomic E-state index is -3.80. The molecule has 1 amide bonds. The quantitative estimate of drug-likeness (QED) is 0.744. The lowest BCUT2D eigenvalue weighted by atomic mass is 10.1. The molecule has 2 aromatic carbocycles. The largest absolute Gasteiger partial charge is 0.348 e. The van der Waals surface area contributed by atoms with Gasteiger partial charge in [-0.25, -0.2) is 12.8 Å². The van der Waals surface area contributed by atoms with Crippen molar-refractivity contribution in [3.8, 4) is 0 Å². The number of benzene rings is 2. The average Bonchev–Trinajstić information content (AvgIpc) is 2.53. The molecule has 5 nitrogen and oxygen atoms in total. The summed E-state index contributed by atoms with van der Waals surface area (Å²) in [5, 5.41) is 3.23. The van der Waals surface area contributed by atoms with E-state index >= 15 is 0 Å². The molecule has 27 heavy (non-hydrogen) atoms. The number of anilines is 1. The monoisotopic (exact) mass is 432 g/mol. The molecule has 2 atom stereocenters. The molecule has 0 radical (unpaired) electrons. The Bertz CT molecular complexity index is 916. The van der Waals surface area contributed by atoms with Gasteiger partial charge < -0.3 is 5.32 Å². The van der Waals surface area contributed by atoms with E-state index < -0.39 is 28.0 Å². The highest BCUT2D eigenvalue weighted by molar-refractivity contribution is 7.92. The highest BCUT2D eigenvalue weighted by atomic mass is 35.5. The molecule has 9 heteroatoms. The minimum Gasteiger partial charge on any atom is -0.348 e. The molecule has 0 aromatic heterocycles. The second kappa shape index (κ2) is 8.46. The third-order valence-corrected chi connectivity index (χ3v) is 5.60. The van der Waals surface area contributed by atoms with Crippen LogP contribution in [0.15, 0.2) is 42.5 Å². The summed E-state index contributed by atoms with van der Waals surface area (Å²) in [5.41, 5.74) is 0.876. The molecule has 1 N–H and O–H groups in total. The van der Waals surface area contributed by atoms with E-state index in [1.807, 2.05) is 0 Å². The fraction of sp³-hybridized carbons (Fsp3) is 0.278. The first-order valence-corrected chi connectivity index (χ1v) is 10.6. The van der Waals surface area contributed by atoms with Gasteiger partial charge in [-0.2, -0.15) is 0 Å². The van der Waals surface area contributed by atoms with Crippen molar-refractivity contribution in [1.82, 2.24) is 5.32 Å². The maximum absolute atomic E-state index is 13.0. The smallest absolute Gasteiger partial charge is 0.244 e. The Balaban J connectivity index is 2.28. The summed E-state index contributed by atoms with van der Waals surface area (Å²) in [4.78, 5) is 12.7. The Hall–Kier alpha value is -1.83. The normalized spacial score (nSPS) is 13.7.